The molecule has 0 bridgehead atoms. The molecule has 1 aromatic rings. The number of halogens is 2. The van der Waals surface area contributed by atoms with E-state index < -0.39 is 29.9 Å². The lowest BCUT2D eigenvalue weighted by Gasteiger charge is -2.30. The van der Waals surface area contributed by atoms with Crippen LogP contribution in [0, 0.1) is 23.7 Å². The molecule has 1 fully saturated rings. The number of carbonyl (C=O) groups is 3. The second-order valence-corrected chi connectivity index (χ2v) is 7.26. The zero-order valence-corrected chi connectivity index (χ0v) is 15.9. The lowest BCUT2D eigenvalue weighted by molar-refractivity contribution is -0.149. The van der Waals surface area contributed by atoms with Crippen LogP contribution in [0.3, 0.4) is 0 Å². The summed E-state index contributed by atoms with van der Waals surface area (Å²) < 4.78 is 26.0. The van der Waals surface area contributed by atoms with Gasteiger partial charge in [0, 0.05) is 23.5 Å². The number of nitrogens with one attached hydrogen (secondary N) is 2. The predicted octanol–water partition coefficient (Wildman–Crippen LogP) is 1.27. The van der Waals surface area contributed by atoms with Crippen molar-refractivity contribution in [2.45, 2.75) is 44.8 Å². The van der Waals surface area contributed by atoms with Crippen LogP contribution in [0.5, 0.6) is 0 Å². The molecule has 4 atom stereocenters. The van der Waals surface area contributed by atoms with Gasteiger partial charge in [0.05, 0.1) is 0 Å². The van der Waals surface area contributed by atoms with Crippen LogP contribution in [0.4, 0.5) is 8.78 Å². The van der Waals surface area contributed by atoms with Gasteiger partial charge in [0.15, 0.2) is 5.60 Å². The Hall–Kier alpha value is -2.83. The summed E-state index contributed by atoms with van der Waals surface area (Å²) in [6, 6.07) is 3.81. The molecular weight excluding hydrogens is 386 g/mol. The molecule has 0 spiro atoms. The van der Waals surface area contributed by atoms with E-state index in [0.717, 1.165) is 11.9 Å². The number of amides is 2. The Morgan fingerprint density at radius 1 is 1.28 bits per heavy atom. The third kappa shape index (κ3) is 5.82. The molecule has 2 amide bonds. The van der Waals surface area contributed by atoms with E-state index in [4.69, 9.17) is 5.21 Å². The summed E-state index contributed by atoms with van der Waals surface area (Å²) in [5.41, 5.74) is -1.06. The van der Waals surface area contributed by atoms with Gasteiger partial charge in [-0.25, -0.2) is 14.3 Å². The van der Waals surface area contributed by atoms with Crippen LogP contribution in [-0.2, 0) is 9.59 Å². The minimum Gasteiger partial charge on any atom is -0.381 e. The summed E-state index contributed by atoms with van der Waals surface area (Å²) in [5, 5.41) is 20.5. The Morgan fingerprint density at radius 3 is 2.41 bits per heavy atom. The lowest BCUT2D eigenvalue weighted by atomic mass is 9.95. The highest BCUT2D eigenvalue weighted by molar-refractivity contribution is 5.97. The van der Waals surface area contributed by atoms with Crippen LogP contribution >= 0.6 is 0 Å². The molecule has 1 aromatic carbocycles. The Bertz CT molecular complexity index is 843. The highest BCUT2D eigenvalue weighted by Crippen LogP contribution is 2.40. The van der Waals surface area contributed by atoms with Crippen LogP contribution in [-0.4, -0.2) is 46.0 Å². The molecule has 4 N–H and O–H groups in total. The van der Waals surface area contributed by atoms with Crippen molar-refractivity contribution in [3.63, 3.8) is 0 Å². The largest absolute Gasteiger partial charge is 0.381 e. The van der Waals surface area contributed by atoms with Crippen LogP contribution in [0.25, 0.3) is 0 Å². The molecule has 156 valence electrons. The van der Waals surface area contributed by atoms with E-state index >= 15 is 0 Å². The summed E-state index contributed by atoms with van der Waals surface area (Å²) in [6.07, 6.45) is -1.95. The molecule has 1 saturated carbocycles. The topological polar surface area (TPSA) is 116 Å². The zero-order valence-electron chi connectivity index (χ0n) is 15.9. The molecule has 9 heteroatoms. The van der Waals surface area contributed by atoms with Gasteiger partial charge in [-0.3, -0.25) is 14.8 Å². The van der Waals surface area contributed by atoms with Crippen LogP contribution in [0.2, 0.25) is 0 Å². The first-order valence-corrected chi connectivity index (χ1v) is 8.92. The number of hydrogen-bond donors (Lipinski definition) is 4. The molecule has 0 aromatic heterocycles. The molecule has 4 unspecified atom stereocenters. The average molecular weight is 408 g/mol. The quantitative estimate of drug-likeness (QED) is 0.308. The molecule has 29 heavy (non-hydrogen) atoms. The molecule has 0 aliphatic heterocycles. The van der Waals surface area contributed by atoms with Gasteiger partial charge in [-0.1, -0.05) is 11.8 Å². The van der Waals surface area contributed by atoms with E-state index in [1.807, 2.05) is 5.32 Å². The number of hydroxylamine groups is 1. The first kappa shape index (κ1) is 22.5. The van der Waals surface area contributed by atoms with Gasteiger partial charge in [-0.2, -0.15) is 0 Å². The Labute approximate surface area is 166 Å². The smallest absolute Gasteiger partial charge is 0.269 e. The Morgan fingerprint density at radius 2 is 1.90 bits per heavy atom. The van der Waals surface area contributed by atoms with Crippen molar-refractivity contribution in [2.75, 3.05) is 0 Å². The predicted molar refractivity (Wildman–Crippen MR) is 98.0 cm³/mol. The van der Waals surface area contributed by atoms with Gasteiger partial charge < -0.3 is 15.2 Å². The number of aliphatic hydroxyl groups is 1. The highest BCUT2D eigenvalue weighted by atomic mass is 19.3. The van der Waals surface area contributed by atoms with Crippen LogP contribution < -0.4 is 10.8 Å². The van der Waals surface area contributed by atoms with E-state index in [-0.39, 0.29) is 17.3 Å². The Balaban J connectivity index is 2.04. The molecule has 0 saturated heterocycles. The second-order valence-electron chi connectivity index (χ2n) is 7.26. The van der Waals surface area contributed by atoms with Crippen molar-refractivity contribution in [1.82, 2.24) is 10.8 Å². The first-order valence-electron chi connectivity index (χ1n) is 8.92. The minimum absolute atomic E-state index is 0.0530. The zero-order chi connectivity index (χ0) is 21.8. The fraction of sp³-hybridized carbons (Fsp3) is 0.450. The standard InChI is InChI=1S/C20H22F2N2O5/c1-11(25)9-15-10-14(15)8-5-12-3-6-13(7-4-12)17(26)23-16(18(27)24-29)20(2,28)19(21)22/h3-4,6-7,14-16,19,28-29H,9-10H2,1-2H3,(H,23,26)(H,24,27). The van der Waals surface area contributed by atoms with Gasteiger partial charge in [0.25, 0.3) is 18.2 Å². The Kier molecular flexibility index (Phi) is 7.06. The maximum Gasteiger partial charge on any atom is 0.269 e. The highest BCUT2D eigenvalue weighted by Gasteiger charge is 2.46. The maximum atomic E-state index is 13.0. The van der Waals surface area contributed by atoms with E-state index in [0.29, 0.717) is 24.8 Å². The molecule has 1 aliphatic rings. The third-order valence-electron chi connectivity index (χ3n) is 4.70. The molecule has 1 aliphatic carbocycles. The van der Waals surface area contributed by atoms with Gasteiger partial charge in [-0.15, -0.1) is 0 Å². The van der Waals surface area contributed by atoms with E-state index in [9.17, 15) is 28.3 Å². The van der Waals surface area contributed by atoms with Crippen molar-refractivity contribution < 1.29 is 33.5 Å². The van der Waals surface area contributed by atoms with E-state index in [2.05, 4.69) is 11.8 Å². The molecule has 7 nitrogen and oxygen atoms in total. The fourth-order valence-electron chi connectivity index (χ4n) is 2.78. The van der Waals surface area contributed by atoms with Gasteiger partial charge in [-0.05, 0) is 50.5 Å². The fourth-order valence-corrected chi connectivity index (χ4v) is 2.78. The molecule has 0 heterocycles. The van der Waals surface area contributed by atoms with Crippen LogP contribution in [0.15, 0.2) is 24.3 Å². The van der Waals surface area contributed by atoms with Crippen molar-refractivity contribution in [1.29, 1.82) is 0 Å². The number of hydrogen-bond acceptors (Lipinski definition) is 5. The summed E-state index contributed by atoms with van der Waals surface area (Å²) in [5.74, 6) is 4.36. The van der Waals surface area contributed by atoms with E-state index in [1.54, 1.807) is 19.1 Å². The number of benzene rings is 1. The van der Waals surface area contributed by atoms with Gasteiger partial charge in [0.2, 0.25) is 0 Å². The van der Waals surface area contributed by atoms with Crippen molar-refractivity contribution in [3.05, 3.63) is 35.4 Å². The molecule has 2 rings (SSSR count). The monoisotopic (exact) mass is 408 g/mol. The summed E-state index contributed by atoms with van der Waals surface area (Å²) in [4.78, 5) is 35.0. The first-order chi connectivity index (χ1) is 13.6. The SMILES string of the molecule is CC(=O)CC1CC1C#Cc1ccc(C(=O)NC(C(=O)NO)C(C)(O)C(F)F)cc1. The van der Waals surface area contributed by atoms with E-state index in [1.165, 1.54) is 12.1 Å². The minimum atomic E-state index is -3.35. The van der Waals surface area contributed by atoms with Crippen molar-refractivity contribution in [3.8, 4) is 11.8 Å². The third-order valence-corrected chi connectivity index (χ3v) is 4.70. The van der Waals surface area contributed by atoms with Crippen molar-refractivity contribution >= 4 is 17.6 Å². The van der Waals surface area contributed by atoms with Gasteiger partial charge in [0.1, 0.15) is 11.8 Å². The number of carbonyl (C=O) groups excluding carboxylic acids is 3. The average Bonchev–Trinajstić information content (AvgIpc) is 3.40. The maximum absolute atomic E-state index is 13.0. The summed E-state index contributed by atoms with van der Waals surface area (Å²) in [7, 11) is 0. The molecular formula is C20H22F2N2O5. The van der Waals surface area contributed by atoms with Gasteiger partial charge >= 0.3 is 0 Å². The number of Topliss-reactive ketones (excluding diaryl/α,β-unsaturated/α-hetero) is 1. The second kappa shape index (κ2) is 9.11. The molecule has 0 radical (unpaired) electrons. The number of alkyl halides is 2. The normalized spacial score (nSPS) is 20.7. The number of rotatable bonds is 7. The van der Waals surface area contributed by atoms with Crippen molar-refractivity contribution in [2.24, 2.45) is 11.8 Å². The van der Waals surface area contributed by atoms with Crippen LogP contribution in [0.1, 0.15) is 42.6 Å². The lowest BCUT2D eigenvalue weighted by Crippen LogP contribution is -2.61. The number of ketones is 1. The summed E-state index contributed by atoms with van der Waals surface area (Å²) >= 11 is 0. The summed E-state index contributed by atoms with van der Waals surface area (Å²) in [6.45, 7) is 2.22.